The van der Waals surface area contributed by atoms with Gasteiger partial charge in [-0.25, -0.2) is 29.9 Å². The topological polar surface area (TPSA) is 129 Å². The summed E-state index contributed by atoms with van der Waals surface area (Å²) in [4.78, 5) is 49.4. The molecule has 4 aliphatic rings. The Balaban J connectivity index is 0.000000142. The van der Waals surface area contributed by atoms with E-state index in [-0.39, 0.29) is 0 Å². The lowest BCUT2D eigenvalue weighted by atomic mass is 9.66. The molecule has 0 aliphatic heterocycles. The van der Waals surface area contributed by atoms with E-state index in [4.69, 9.17) is 29.9 Å². The highest BCUT2D eigenvalue weighted by atomic mass is 15.0. The molecule has 0 saturated heterocycles. The Morgan fingerprint density at radius 1 is 0.139 bits per heavy atom. The van der Waals surface area contributed by atoms with Crippen molar-refractivity contribution < 1.29 is 0 Å². The van der Waals surface area contributed by atoms with Crippen molar-refractivity contribution in [2.75, 3.05) is 0 Å². The Morgan fingerprint density at radius 3 is 0.893 bits per heavy atom. The molecule has 10 heteroatoms. The van der Waals surface area contributed by atoms with Crippen LogP contribution >= 0.6 is 0 Å². The number of fused-ring (bicyclic) bond motifs is 24. The minimum atomic E-state index is -0.622. The van der Waals surface area contributed by atoms with E-state index in [0.717, 1.165) is 83.5 Å². The van der Waals surface area contributed by atoms with Gasteiger partial charge in [0.25, 0.3) is 0 Å². The van der Waals surface area contributed by atoms with Crippen molar-refractivity contribution in [2.24, 2.45) is 0 Å². The van der Waals surface area contributed by atoms with Crippen molar-refractivity contribution in [3.05, 3.63) is 470 Å². The first kappa shape index (κ1) is 71.1. The zero-order valence-electron chi connectivity index (χ0n) is 65.9. The second kappa shape index (κ2) is 29.4. The molecule has 0 N–H and O–H groups in total. The molecule has 4 aliphatic carbocycles. The summed E-state index contributed by atoms with van der Waals surface area (Å²) in [7, 11) is 0. The van der Waals surface area contributed by atoms with E-state index in [1.807, 2.05) is 79.5 Å². The first-order valence-corrected chi connectivity index (χ1v) is 41.1. The smallest absolute Gasteiger partial charge is 0.164 e. The van der Waals surface area contributed by atoms with Gasteiger partial charge in [-0.05, 0) is 206 Å². The quantitative estimate of drug-likeness (QED) is 0.130. The van der Waals surface area contributed by atoms with Crippen LogP contribution in [-0.2, 0) is 10.8 Å². The second-order valence-electron chi connectivity index (χ2n) is 31.3. The van der Waals surface area contributed by atoms with Crippen LogP contribution in [0.3, 0.4) is 0 Å². The van der Waals surface area contributed by atoms with Gasteiger partial charge in [0.2, 0.25) is 0 Å². The maximum absolute atomic E-state index is 5.39. The van der Waals surface area contributed by atoms with Crippen LogP contribution in [0.1, 0.15) is 44.5 Å². The summed E-state index contributed by atoms with van der Waals surface area (Å²) < 4.78 is 0. The SMILES string of the molecule is c1ccc(-c2nc(-c3cc(-c4cccnc4)cc(-c4cccnc4)c3)nc(-c3ccc4c(c3)C3(c5ccccc5-c5ccccc5-c5ccccc53)c3ccccc3-4)n2)cc1.c1cncc(-c2cccc(-c3nc(-c4cccc(-c5ccncc5)c4)nc(-c4cccc5c4-c4ccccc4C54c5ccccc5-c5ccccc5-c5ccccc54)n3)c2)c1. The van der Waals surface area contributed by atoms with Crippen LogP contribution in [0.2, 0.25) is 0 Å². The Bertz CT molecular complexity index is 7090. The number of pyridine rings is 4. The molecule has 0 saturated carbocycles. The lowest BCUT2D eigenvalue weighted by Crippen LogP contribution is -2.29. The Labute approximate surface area is 705 Å². The number of rotatable bonds is 10. The lowest BCUT2D eigenvalue weighted by Gasteiger charge is -2.35. The molecule has 0 bridgehead atoms. The fraction of sp³-hybridized carbons (Fsp3) is 0.0179. The van der Waals surface area contributed by atoms with Crippen LogP contribution in [0.15, 0.2) is 426 Å². The lowest BCUT2D eigenvalue weighted by molar-refractivity contribution is 0.775. The highest BCUT2D eigenvalue weighted by molar-refractivity contribution is 6.02. The molecule has 2 spiro atoms. The third-order valence-electron chi connectivity index (χ3n) is 24.7. The molecule has 0 radical (unpaired) electrons. The summed E-state index contributed by atoms with van der Waals surface area (Å²) in [6, 6.07) is 134. The molecule has 122 heavy (non-hydrogen) atoms. The molecule has 6 heterocycles. The Hall–Kier alpha value is -16.3. The highest BCUT2D eigenvalue weighted by Gasteiger charge is 2.52. The number of aromatic nitrogens is 10. The van der Waals surface area contributed by atoms with Gasteiger partial charge in [-0.15, -0.1) is 0 Å². The molecule has 20 aromatic rings. The van der Waals surface area contributed by atoms with Crippen molar-refractivity contribution in [2.45, 2.75) is 10.8 Å². The number of hydrogen-bond donors (Lipinski definition) is 0. The molecule has 24 rings (SSSR count). The van der Waals surface area contributed by atoms with Gasteiger partial charge >= 0.3 is 0 Å². The van der Waals surface area contributed by atoms with Gasteiger partial charge in [-0.2, -0.15) is 0 Å². The molecular formula is C112H70N10. The van der Waals surface area contributed by atoms with Gasteiger partial charge in [0.05, 0.1) is 10.8 Å². The molecule has 0 atom stereocenters. The Morgan fingerprint density at radius 2 is 0.434 bits per heavy atom. The predicted molar refractivity (Wildman–Crippen MR) is 489 cm³/mol. The van der Waals surface area contributed by atoms with Crippen LogP contribution in [0.4, 0.5) is 0 Å². The zero-order valence-corrected chi connectivity index (χ0v) is 65.9. The van der Waals surface area contributed by atoms with Crippen LogP contribution in [-0.4, -0.2) is 49.8 Å². The van der Waals surface area contributed by atoms with Gasteiger partial charge in [0, 0.05) is 99.6 Å². The minimum absolute atomic E-state index is 0.582. The van der Waals surface area contributed by atoms with Crippen LogP contribution in [0.5, 0.6) is 0 Å². The summed E-state index contributed by atoms with van der Waals surface area (Å²) in [5, 5.41) is 0. The fourth-order valence-electron chi connectivity index (χ4n) is 19.5. The first-order chi connectivity index (χ1) is 60.5. The molecule has 0 unspecified atom stereocenters. The molecule has 6 aromatic heterocycles. The van der Waals surface area contributed by atoms with E-state index in [2.05, 4.69) is 348 Å². The van der Waals surface area contributed by atoms with Crippen molar-refractivity contribution in [1.29, 1.82) is 0 Å². The van der Waals surface area contributed by atoms with E-state index in [0.29, 0.717) is 34.9 Å². The van der Waals surface area contributed by atoms with Crippen molar-refractivity contribution >= 4 is 0 Å². The molecule has 0 amide bonds. The van der Waals surface area contributed by atoms with E-state index >= 15 is 0 Å². The van der Waals surface area contributed by atoms with Crippen molar-refractivity contribution in [3.8, 4) is 180 Å². The molecule has 0 fully saturated rings. The standard InChI is InChI=1S/2C56H35N5/c1-2-19-43-42(18-1)44-20-3-6-24-48(44)56(49-25-7-4-21-45(43)49)50-26-8-5-22-46(50)52-47(23-11-27-51(52)56)55-60-53(39-15-9-13-37(33-39)36-28-31-57-32-29-36)59-54(61-55)40-16-10-14-38(34-40)41-17-12-30-58-35-41;1-2-14-36(15-3-1)53-59-54(61-55(60-53)42-31-40(38-16-12-28-57-34-38)30-41(32-42)39-17-13-29-58-35-39)37-26-27-48-47-22-8-11-25-51(47)56(52(48)33-37)49-23-9-6-20-45(49)43-18-4-5-19-44(43)46-21-7-10-24-50(46)56/h2*1-35H. The average molecular weight is 1560 g/mol. The third-order valence-corrected chi connectivity index (χ3v) is 24.7. The van der Waals surface area contributed by atoms with Gasteiger partial charge in [0.1, 0.15) is 0 Å². The summed E-state index contributed by atoms with van der Waals surface area (Å²) in [5.74, 6) is 3.60. The van der Waals surface area contributed by atoms with Crippen LogP contribution in [0, 0.1) is 0 Å². The molecule has 14 aromatic carbocycles. The molecule has 568 valence electrons. The summed E-state index contributed by atoms with van der Waals surface area (Å²) in [5.41, 5.74) is 37.0. The molecule has 10 nitrogen and oxygen atoms in total. The minimum Gasteiger partial charge on any atom is -0.265 e. The zero-order chi connectivity index (χ0) is 80.7. The second-order valence-corrected chi connectivity index (χ2v) is 31.3. The van der Waals surface area contributed by atoms with Crippen molar-refractivity contribution in [3.63, 3.8) is 0 Å². The third kappa shape index (κ3) is 11.6. The summed E-state index contributed by atoms with van der Waals surface area (Å²) in [6.07, 6.45) is 14.7. The van der Waals surface area contributed by atoms with E-state index in [1.165, 1.54) is 106 Å². The average Bonchev–Trinajstić information content (AvgIpc) is 1.52. The van der Waals surface area contributed by atoms with Gasteiger partial charge in [-0.1, -0.05) is 309 Å². The Kier molecular flexibility index (Phi) is 17.1. The van der Waals surface area contributed by atoms with Crippen LogP contribution < -0.4 is 0 Å². The maximum Gasteiger partial charge on any atom is 0.164 e. The van der Waals surface area contributed by atoms with Gasteiger partial charge in [-0.3, -0.25) is 19.9 Å². The number of benzene rings is 14. The van der Waals surface area contributed by atoms with E-state index < -0.39 is 10.8 Å². The summed E-state index contributed by atoms with van der Waals surface area (Å²) in [6.45, 7) is 0. The fourth-order valence-corrected chi connectivity index (χ4v) is 19.5. The predicted octanol–water partition coefficient (Wildman–Crippen LogP) is 26.0. The van der Waals surface area contributed by atoms with Gasteiger partial charge in [0.15, 0.2) is 34.9 Å². The van der Waals surface area contributed by atoms with Crippen LogP contribution in [0.25, 0.3) is 180 Å². The van der Waals surface area contributed by atoms with Crippen molar-refractivity contribution in [1.82, 2.24) is 49.8 Å². The van der Waals surface area contributed by atoms with Gasteiger partial charge < -0.3 is 0 Å². The molecular weight excluding hydrogens is 1490 g/mol. The first-order valence-electron chi connectivity index (χ1n) is 41.1. The largest absolute Gasteiger partial charge is 0.265 e. The monoisotopic (exact) mass is 1550 g/mol. The maximum atomic E-state index is 5.39. The number of nitrogens with zero attached hydrogens (tertiary/aromatic N) is 10. The number of hydrogen-bond acceptors (Lipinski definition) is 10. The highest BCUT2D eigenvalue weighted by Crippen LogP contribution is 2.65. The summed E-state index contributed by atoms with van der Waals surface area (Å²) >= 11 is 0. The van der Waals surface area contributed by atoms with E-state index in [9.17, 15) is 0 Å². The normalized spacial score (nSPS) is 12.7. The van der Waals surface area contributed by atoms with E-state index in [1.54, 1.807) is 18.6 Å².